The van der Waals surface area contributed by atoms with Crippen molar-refractivity contribution < 1.29 is 9.53 Å². The molecule has 0 spiro atoms. The molecule has 3 heterocycles. The summed E-state index contributed by atoms with van der Waals surface area (Å²) in [5.74, 6) is 0.688. The van der Waals surface area contributed by atoms with E-state index >= 15 is 0 Å². The SMILES string of the molecule is CC(=O)Nc1ccc2c(c1)OCc1cc(-c3cnn(C4CC4)c3)nn1C2. The Morgan fingerprint density at radius 3 is 3.00 bits per heavy atom. The zero-order valence-electron chi connectivity index (χ0n) is 14.5. The Bertz CT molecular complexity index is 999. The van der Waals surface area contributed by atoms with Crippen LogP contribution in [0.2, 0.25) is 0 Å². The van der Waals surface area contributed by atoms with Crippen molar-refractivity contribution in [1.82, 2.24) is 19.6 Å². The molecule has 1 aliphatic heterocycles. The van der Waals surface area contributed by atoms with Crippen molar-refractivity contribution in [2.24, 2.45) is 0 Å². The fourth-order valence-electron chi connectivity index (χ4n) is 3.27. The summed E-state index contributed by atoms with van der Waals surface area (Å²) in [7, 11) is 0. The molecule has 3 aromatic rings. The molecule has 2 aliphatic rings. The third-order valence-electron chi connectivity index (χ3n) is 4.76. The van der Waals surface area contributed by atoms with Crippen LogP contribution in [0.4, 0.5) is 5.69 Å². The molecule has 26 heavy (non-hydrogen) atoms. The molecule has 5 rings (SSSR count). The fourth-order valence-corrected chi connectivity index (χ4v) is 3.27. The largest absolute Gasteiger partial charge is 0.487 e. The van der Waals surface area contributed by atoms with Crippen LogP contribution in [0.15, 0.2) is 36.7 Å². The second-order valence-corrected chi connectivity index (χ2v) is 6.91. The molecule has 7 heteroatoms. The Labute approximate surface area is 150 Å². The van der Waals surface area contributed by atoms with Gasteiger partial charge in [0.25, 0.3) is 0 Å². The normalized spacial score (nSPS) is 15.6. The minimum Gasteiger partial charge on any atom is -0.487 e. The Hall–Kier alpha value is -3.09. The van der Waals surface area contributed by atoms with Gasteiger partial charge >= 0.3 is 0 Å². The predicted molar refractivity (Wildman–Crippen MR) is 95.9 cm³/mol. The van der Waals surface area contributed by atoms with Crippen molar-refractivity contribution in [2.45, 2.75) is 39.0 Å². The van der Waals surface area contributed by atoms with E-state index < -0.39 is 0 Å². The van der Waals surface area contributed by atoms with Crippen molar-refractivity contribution >= 4 is 11.6 Å². The van der Waals surface area contributed by atoms with Crippen molar-refractivity contribution in [2.75, 3.05) is 5.32 Å². The van der Waals surface area contributed by atoms with Crippen LogP contribution in [0, 0.1) is 0 Å². The van der Waals surface area contributed by atoms with Crippen LogP contribution in [0.5, 0.6) is 5.75 Å². The van der Waals surface area contributed by atoms with Crippen molar-refractivity contribution in [3.05, 3.63) is 47.9 Å². The van der Waals surface area contributed by atoms with Crippen LogP contribution in [-0.2, 0) is 17.9 Å². The summed E-state index contributed by atoms with van der Waals surface area (Å²) < 4.78 is 9.98. The number of nitrogens with zero attached hydrogens (tertiary/aromatic N) is 4. The van der Waals surface area contributed by atoms with Gasteiger partial charge in [-0.1, -0.05) is 6.07 Å². The Kier molecular flexibility index (Phi) is 3.34. The number of fused-ring (bicyclic) bond motifs is 2. The molecule has 1 aliphatic carbocycles. The first-order valence-corrected chi connectivity index (χ1v) is 8.80. The number of carbonyl (C=O) groups is 1. The molecule has 1 N–H and O–H groups in total. The average molecular weight is 349 g/mol. The maximum atomic E-state index is 11.2. The van der Waals surface area contributed by atoms with Crippen molar-refractivity contribution in [1.29, 1.82) is 0 Å². The molecule has 1 amide bonds. The molecule has 132 valence electrons. The standard InChI is InChI=1S/C19H19N5O2/c1-12(25)21-15-3-2-13-9-24-17(11-26-19(13)6-15)7-18(22-24)14-8-20-23(10-14)16-4-5-16/h2-3,6-8,10,16H,4-5,9,11H2,1H3,(H,21,25). The van der Waals surface area contributed by atoms with Crippen LogP contribution in [0.25, 0.3) is 11.3 Å². The molecule has 1 saturated carbocycles. The second-order valence-electron chi connectivity index (χ2n) is 6.91. The van der Waals surface area contributed by atoms with Gasteiger partial charge in [0.2, 0.25) is 5.91 Å². The van der Waals surface area contributed by atoms with E-state index in [9.17, 15) is 4.79 Å². The van der Waals surface area contributed by atoms with Crippen LogP contribution >= 0.6 is 0 Å². The predicted octanol–water partition coefficient (Wildman–Crippen LogP) is 2.98. The quantitative estimate of drug-likeness (QED) is 0.789. The van der Waals surface area contributed by atoms with Gasteiger partial charge < -0.3 is 10.1 Å². The lowest BCUT2D eigenvalue weighted by Crippen LogP contribution is -2.06. The lowest BCUT2D eigenvalue weighted by molar-refractivity contribution is -0.114. The summed E-state index contributed by atoms with van der Waals surface area (Å²) in [6.45, 7) is 2.58. The van der Waals surface area contributed by atoms with E-state index in [-0.39, 0.29) is 5.91 Å². The Balaban J connectivity index is 1.42. The Morgan fingerprint density at radius 2 is 2.19 bits per heavy atom. The number of anilines is 1. The maximum Gasteiger partial charge on any atom is 0.221 e. The van der Waals surface area contributed by atoms with Gasteiger partial charge in [0.05, 0.1) is 30.2 Å². The first-order chi connectivity index (χ1) is 12.7. The van der Waals surface area contributed by atoms with E-state index in [1.165, 1.54) is 19.8 Å². The monoisotopic (exact) mass is 349 g/mol. The van der Waals surface area contributed by atoms with Gasteiger partial charge in [-0.25, -0.2) is 0 Å². The minimum atomic E-state index is -0.0946. The number of ether oxygens (including phenoxy) is 1. The van der Waals surface area contributed by atoms with Gasteiger partial charge in [-0.2, -0.15) is 10.2 Å². The number of amides is 1. The van der Waals surface area contributed by atoms with Crippen LogP contribution in [-0.4, -0.2) is 25.5 Å². The number of aromatic nitrogens is 4. The number of benzene rings is 1. The topological polar surface area (TPSA) is 74.0 Å². The van der Waals surface area contributed by atoms with Gasteiger partial charge in [-0.15, -0.1) is 0 Å². The molecule has 7 nitrogen and oxygen atoms in total. The number of hydrogen-bond donors (Lipinski definition) is 1. The van der Waals surface area contributed by atoms with E-state index in [0.717, 1.165) is 34.0 Å². The van der Waals surface area contributed by atoms with Crippen LogP contribution in [0.3, 0.4) is 0 Å². The molecule has 0 unspecified atom stereocenters. The summed E-state index contributed by atoms with van der Waals surface area (Å²) in [6, 6.07) is 8.36. The summed E-state index contributed by atoms with van der Waals surface area (Å²) in [4.78, 5) is 11.2. The highest BCUT2D eigenvalue weighted by atomic mass is 16.5. The average Bonchev–Trinajstić information content (AvgIpc) is 3.25. The highest BCUT2D eigenvalue weighted by molar-refractivity contribution is 5.88. The lowest BCUT2D eigenvalue weighted by atomic mass is 10.2. The summed E-state index contributed by atoms with van der Waals surface area (Å²) >= 11 is 0. The first kappa shape index (κ1) is 15.2. The van der Waals surface area contributed by atoms with Gasteiger partial charge in [-0.3, -0.25) is 14.2 Å². The third-order valence-corrected chi connectivity index (χ3v) is 4.76. The first-order valence-electron chi connectivity index (χ1n) is 8.80. The summed E-state index contributed by atoms with van der Waals surface area (Å²) in [5.41, 5.74) is 4.77. The fraction of sp³-hybridized carbons (Fsp3) is 0.316. The second kappa shape index (κ2) is 5.72. The smallest absolute Gasteiger partial charge is 0.221 e. The molecular formula is C19H19N5O2. The Morgan fingerprint density at radius 1 is 1.31 bits per heavy atom. The summed E-state index contributed by atoms with van der Waals surface area (Å²) in [6.07, 6.45) is 6.39. The highest BCUT2D eigenvalue weighted by Crippen LogP contribution is 2.35. The number of nitrogens with one attached hydrogen (secondary N) is 1. The zero-order valence-corrected chi connectivity index (χ0v) is 14.5. The third kappa shape index (κ3) is 2.75. The summed E-state index contributed by atoms with van der Waals surface area (Å²) in [5, 5.41) is 12.0. The van der Waals surface area contributed by atoms with Gasteiger partial charge in [-0.05, 0) is 25.0 Å². The van der Waals surface area contributed by atoms with E-state index in [0.29, 0.717) is 19.2 Å². The highest BCUT2D eigenvalue weighted by Gasteiger charge is 2.25. The van der Waals surface area contributed by atoms with Crippen molar-refractivity contribution in [3.63, 3.8) is 0 Å². The van der Waals surface area contributed by atoms with E-state index in [4.69, 9.17) is 9.84 Å². The maximum absolute atomic E-state index is 11.2. The van der Waals surface area contributed by atoms with Gasteiger partial charge in [0.1, 0.15) is 12.4 Å². The van der Waals surface area contributed by atoms with E-state index in [1.807, 2.05) is 33.8 Å². The molecule has 2 aromatic heterocycles. The molecule has 0 atom stereocenters. The molecule has 0 bridgehead atoms. The van der Waals surface area contributed by atoms with Crippen LogP contribution in [0.1, 0.15) is 37.1 Å². The number of carbonyl (C=O) groups excluding carboxylic acids is 1. The van der Waals surface area contributed by atoms with Crippen LogP contribution < -0.4 is 10.1 Å². The van der Waals surface area contributed by atoms with Crippen molar-refractivity contribution in [3.8, 4) is 17.0 Å². The molecule has 0 radical (unpaired) electrons. The number of hydrogen-bond acceptors (Lipinski definition) is 4. The number of rotatable bonds is 3. The van der Waals surface area contributed by atoms with Gasteiger partial charge in [0.15, 0.2) is 0 Å². The zero-order chi connectivity index (χ0) is 17.7. The minimum absolute atomic E-state index is 0.0946. The molecule has 1 aromatic carbocycles. The van der Waals surface area contributed by atoms with E-state index in [2.05, 4.69) is 22.7 Å². The molecule has 0 saturated heterocycles. The van der Waals surface area contributed by atoms with E-state index in [1.54, 1.807) is 0 Å². The lowest BCUT2D eigenvalue weighted by Gasteiger charge is -2.09. The van der Waals surface area contributed by atoms with Gasteiger partial charge in [0, 0.05) is 36.0 Å². The molecular weight excluding hydrogens is 330 g/mol. The molecule has 1 fully saturated rings.